The molecule has 4 rings (SSSR count). The van der Waals surface area contributed by atoms with Gasteiger partial charge in [0.2, 0.25) is 0 Å². The molecule has 0 amide bonds. The summed E-state index contributed by atoms with van der Waals surface area (Å²) in [7, 11) is 0. The van der Waals surface area contributed by atoms with Crippen LogP contribution in [0, 0.1) is 32.6 Å². The molecule has 1 aliphatic rings. The predicted molar refractivity (Wildman–Crippen MR) is 111 cm³/mol. The van der Waals surface area contributed by atoms with Gasteiger partial charge in [-0.05, 0) is 66.3 Å². The summed E-state index contributed by atoms with van der Waals surface area (Å²) in [5.41, 5.74) is 11.6. The molecule has 0 heteroatoms. The highest BCUT2D eigenvalue weighted by atomic mass is 14.4. The highest BCUT2D eigenvalue weighted by molar-refractivity contribution is 5.81. The number of fused-ring (bicyclic) bond motifs is 3. The molecule has 0 N–H and O–H groups in total. The average Bonchev–Trinajstić information content (AvgIpc) is 2.82. The molecule has 0 spiro atoms. The molecule has 0 unspecified atom stereocenters. The molecule has 0 atom stereocenters. The maximum Gasteiger partial charge on any atom is 0.0307 e. The van der Waals surface area contributed by atoms with Gasteiger partial charge in [0, 0.05) is 16.5 Å². The van der Waals surface area contributed by atoms with Crippen molar-refractivity contribution in [3.63, 3.8) is 0 Å². The monoisotopic (exact) mass is 336 g/mol. The minimum Gasteiger partial charge on any atom is -0.0619 e. The molecule has 0 aliphatic heterocycles. The molecule has 26 heavy (non-hydrogen) atoms. The summed E-state index contributed by atoms with van der Waals surface area (Å²) >= 11 is 0. The van der Waals surface area contributed by atoms with Crippen LogP contribution in [0.2, 0.25) is 0 Å². The zero-order chi connectivity index (χ0) is 18.5. The molecule has 0 radical (unpaired) electrons. The van der Waals surface area contributed by atoms with Crippen molar-refractivity contribution in [3.05, 3.63) is 93.5 Å². The van der Waals surface area contributed by atoms with Crippen molar-refractivity contribution in [2.24, 2.45) is 0 Å². The Balaban J connectivity index is 1.79. The van der Waals surface area contributed by atoms with E-state index in [-0.39, 0.29) is 5.41 Å². The Hall–Kier alpha value is -2.78. The summed E-state index contributed by atoms with van der Waals surface area (Å²) in [6, 6.07) is 19.8. The summed E-state index contributed by atoms with van der Waals surface area (Å²) in [6.07, 6.45) is 0. The first-order chi connectivity index (χ1) is 12.4. The van der Waals surface area contributed by atoms with Crippen molar-refractivity contribution < 1.29 is 0 Å². The maximum atomic E-state index is 3.41. The Morgan fingerprint density at radius 3 is 2.08 bits per heavy atom. The lowest BCUT2D eigenvalue weighted by atomic mass is 9.82. The fourth-order valence-electron chi connectivity index (χ4n) is 4.29. The van der Waals surface area contributed by atoms with Gasteiger partial charge in [0.05, 0.1) is 0 Å². The summed E-state index contributed by atoms with van der Waals surface area (Å²) in [4.78, 5) is 0. The third-order valence-corrected chi connectivity index (χ3v) is 5.59. The zero-order valence-electron chi connectivity index (χ0n) is 16.2. The standard InChI is InChI=1S/C26H24/c1-17-14-18(2)21(19(3)15-17)12-10-20-11-13-23-22-8-6-7-9-24(22)26(4,5)25(23)16-20/h6-9,11,13-16H,1-5H3. The number of rotatable bonds is 0. The maximum absolute atomic E-state index is 3.41. The first-order valence-corrected chi connectivity index (χ1v) is 9.22. The van der Waals surface area contributed by atoms with Crippen molar-refractivity contribution in [3.8, 4) is 23.0 Å². The molecule has 0 saturated heterocycles. The Morgan fingerprint density at radius 2 is 1.35 bits per heavy atom. The summed E-state index contributed by atoms with van der Waals surface area (Å²) in [5, 5.41) is 0. The SMILES string of the molecule is Cc1cc(C)c(C#Cc2ccc3c(c2)C(C)(C)c2ccccc2-3)c(C)c1. The van der Waals surface area contributed by atoms with Crippen LogP contribution in [-0.2, 0) is 5.41 Å². The van der Waals surface area contributed by atoms with Crippen LogP contribution in [0.25, 0.3) is 11.1 Å². The van der Waals surface area contributed by atoms with Gasteiger partial charge >= 0.3 is 0 Å². The third-order valence-electron chi connectivity index (χ3n) is 5.59. The van der Waals surface area contributed by atoms with E-state index >= 15 is 0 Å². The van der Waals surface area contributed by atoms with Crippen LogP contribution in [0.1, 0.15) is 52.8 Å². The lowest BCUT2D eigenvalue weighted by molar-refractivity contribution is 0.660. The van der Waals surface area contributed by atoms with E-state index in [2.05, 4.69) is 101 Å². The Morgan fingerprint density at radius 1 is 0.692 bits per heavy atom. The van der Waals surface area contributed by atoms with Crippen LogP contribution in [0.4, 0.5) is 0 Å². The second-order valence-corrected chi connectivity index (χ2v) is 7.95. The molecule has 0 nitrogen and oxygen atoms in total. The molecule has 3 aromatic rings. The lowest BCUT2D eigenvalue weighted by Gasteiger charge is -2.21. The van der Waals surface area contributed by atoms with Gasteiger partial charge in [-0.25, -0.2) is 0 Å². The quantitative estimate of drug-likeness (QED) is 0.421. The van der Waals surface area contributed by atoms with Crippen molar-refractivity contribution in [1.82, 2.24) is 0 Å². The smallest absolute Gasteiger partial charge is 0.0307 e. The Bertz CT molecular complexity index is 1060. The van der Waals surface area contributed by atoms with Crippen LogP contribution < -0.4 is 0 Å². The fraction of sp³-hybridized carbons (Fsp3) is 0.231. The molecule has 1 aliphatic carbocycles. The van der Waals surface area contributed by atoms with Crippen molar-refractivity contribution in [1.29, 1.82) is 0 Å². The van der Waals surface area contributed by atoms with E-state index in [4.69, 9.17) is 0 Å². The molecular weight excluding hydrogens is 312 g/mol. The molecule has 0 heterocycles. The molecule has 0 fully saturated rings. The van der Waals surface area contributed by atoms with E-state index in [0.29, 0.717) is 0 Å². The average molecular weight is 336 g/mol. The first kappa shape index (κ1) is 16.7. The molecule has 128 valence electrons. The molecule has 0 saturated carbocycles. The lowest BCUT2D eigenvalue weighted by Crippen LogP contribution is -2.14. The van der Waals surface area contributed by atoms with Gasteiger partial charge in [0.1, 0.15) is 0 Å². The van der Waals surface area contributed by atoms with Crippen LogP contribution >= 0.6 is 0 Å². The van der Waals surface area contributed by atoms with E-state index in [1.165, 1.54) is 38.9 Å². The second-order valence-electron chi connectivity index (χ2n) is 7.95. The second kappa shape index (κ2) is 5.89. The molecule has 3 aromatic carbocycles. The van der Waals surface area contributed by atoms with Crippen molar-refractivity contribution in [2.45, 2.75) is 40.0 Å². The minimum atomic E-state index is 0.0271. The van der Waals surface area contributed by atoms with Gasteiger partial charge < -0.3 is 0 Å². The summed E-state index contributed by atoms with van der Waals surface area (Å²) < 4.78 is 0. The van der Waals surface area contributed by atoms with Gasteiger partial charge in [-0.2, -0.15) is 0 Å². The van der Waals surface area contributed by atoms with Crippen LogP contribution in [0.15, 0.2) is 54.6 Å². The third kappa shape index (κ3) is 2.56. The van der Waals surface area contributed by atoms with Gasteiger partial charge in [-0.15, -0.1) is 0 Å². The fourth-order valence-corrected chi connectivity index (χ4v) is 4.29. The number of aryl methyl sites for hydroxylation is 3. The largest absolute Gasteiger partial charge is 0.0619 e. The van der Waals surface area contributed by atoms with E-state index in [1.54, 1.807) is 0 Å². The minimum absolute atomic E-state index is 0.0271. The Labute approximate surface area is 156 Å². The molecule has 0 aromatic heterocycles. The van der Waals surface area contributed by atoms with Crippen LogP contribution in [0.3, 0.4) is 0 Å². The number of benzene rings is 3. The Kier molecular flexibility index (Phi) is 3.78. The molecular formula is C26H24. The van der Waals surface area contributed by atoms with Gasteiger partial charge in [0.25, 0.3) is 0 Å². The van der Waals surface area contributed by atoms with Gasteiger partial charge in [-0.3, -0.25) is 0 Å². The van der Waals surface area contributed by atoms with Crippen molar-refractivity contribution in [2.75, 3.05) is 0 Å². The zero-order valence-corrected chi connectivity index (χ0v) is 16.2. The van der Waals surface area contributed by atoms with E-state index in [1.807, 2.05) is 0 Å². The normalized spacial score (nSPS) is 13.6. The first-order valence-electron chi connectivity index (χ1n) is 9.22. The van der Waals surface area contributed by atoms with E-state index < -0.39 is 0 Å². The highest BCUT2D eigenvalue weighted by Crippen LogP contribution is 2.48. The number of hydrogen-bond acceptors (Lipinski definition) is 0. The van der Waals surface area contributed by atoms with Crippen molar-refractivity contribution >= 4 is 0 Å². The number of hydrogen-bond donors (Lipinski definition) is 0. The van der Waals surface area contributed by atoms with Gasteiger partial charge in [-0.1, -0.05) is 73.7 Å². The van der Waals surface area contributed by atoms with E-state index in [0.717, 1.165) is 11.1 Å². The topological polar surface area (TPSA) is 0 Å². The van der Waals surface area contributed by atoms with Crippen LogP contribution in [-0.4, -0.2) is 0 Å². The van der Waals surface area contributed by atoms with E-state index in [9.17, 15) is 0 Å². The summed E-state index contributed by atoms with van der Waals surface area (Å²) in [6.45, 7) is 11.0. The summed E-state index contributed by atoms with van der Waals surface area (Å²) in [5.74, 6) is 6.82. The van der Waals surface area contributed by atoms with Crippen LogP contribution in [0.5, 0.6) is 0 Å². The van der Waals surface area contributed by atoms with Gasteiger partial charge in [0.15, 0.2) is 0 Å². The molecule has 0 bridgehead atoms. The highest BCUT2D eigenvalue weighted by Gasteiger charge is 2.34. The predicted octanol–water partition coefficient (Wildman–Crippen LogP) is 6.32.